The second-order valence-corrected chi connectivity index (χ2v) is 9.42. The number of rotatable bonds is 4. The van der Waals surface area contributed by atoms with Gasteiger partial charge in [0.05, 0.1) is 43.2 Å². The second-order valence-electron chi connectivity index (χ2n) is 7.49. The number of anilines is 1. The van der Waals surface area contributed by atoms with Crippen LogP contribution in [-0.2, 0) is 19.6 Å². The van der Waals surface area contributed by atoms with Crippen molar-refractivity contribution >= 4 is 27.5 Å². The van der Waals surface area contributed by atoms with Gasteiger partial charge in [-0.2, -0.15) is 4.31 Å². The first-order valence-corrected chi connectivity index (χ1v) is 11.2. The van der Waals surface area contributed by atoms with Crippen molar-refractivity contribution in [3.8, 4) is 0 Å². The summed E-state index contributed by atoms with van der Waals surface area (Å²) in [6.45, 7) is 3.53. The van der Waals surface area contributed by atoms with Gasteiger partial charge in [-0.25, -0.2) is 13.3 Å². The average Bonchev–Trinajstić information content (AvgIpc) is 3.03. The molecule has 2 heterocycles. The highest BCUT2D eigenvalue weighted by molar-refractivity contribution is 7.89. The molecule has 2 aliphatic heterocycles. The normalized spacial score (nSPS) is 21.7. The van der Waals surface area contributed by atoms with E-state index in [4.69, 9.17) is 0 Å². The van der Waals surface area contributed by atoms with Gasteiger partial charge >= 0.3 is 0 Å². The summed E-state index contributed by atoms with van der Waals surface area (Å²) in [5, 5.41) is 0. The molecule has 2 fully saturated rings. The number of carbonyl (C=O) groups excluding carboxylic acids is 2. The zero-order chi connectivity index (χ0) is 20.6. The van der Waals surface area contributed by atoms with E-state index < -0.39 is 16.1 Å². The van der Waals surface area contributed by atoms with Crippen LogP contribution in [0.3, 0.4) is 0 Å². The number of nitrogens with one attached hydrogen (secondary N) is 1. The Morgan fingerprint density at radius 3 is 2.21 bits per heavy atom. The summed E-state index contributed by atoms with van der Waals surface area (Å²) >= 11 is 0. The fourth-order valence-electron chi connectivity index (χ4n) is 4.12. The van der Waals surface area contributed by atoms with Gasteiger partial charge in [-0.05, 0) is 30.7 Å². The van der Waals surface area contributed by atoms with Gasteiger partial charge in [-0.15, -0.1) is 0 Å². The van der Waals surface area contributed by atoms with Gasteiger partial charge in [0.2, 0.25) is 15.9 Å². The molecule has 0 spiro atoms. The number of imide groups is 1. The van der Waals surface area contributed by atoms with E-state index in [-0.39, 0.29) is 23.1 Å². The highest BCUT2D eigenvalue weighted by atomic mass is 32.2. The third-order valence-corrected chi connectivity index (χ3v) is 7.65. The Labute approximate surface area is 170 Å². The molecule has 4 rings (SSSR count). The Balaban J connectivity index is 1.46. The quantitative estimate of drug-likeness (QED) is 0.726. The number of piperazine rings is 1. The van der Waals surface area contributed by atoms with E-state index in [2.05, 4.69) is 0 Å². The number of carbonyl (C=O) groups is 2. The zero-order valence-corrected chi connectivity index (χ0v) is 17.1. The van der Waals surface area contributed by atoms with Crippen molar-refractivity contribution in [2.45, 2.75) is 24.3 Å². The molecule has 2 saturated heterocycles. The molecular formula is C21H24N3O4S+. The maximum atomic E-state index is 13.0. The number of nitrogens with zero attached hydrogens (tertiary/aromatic N) is 2. The lowest BCUT2D eigenvalue weighted by Crippen LogP contribution is -3.19. The van der Waals surface area contributed by atoms with Crippen molar-refractivity contribution in [3.63, 3.8) is 0 Å². The molecule has 0 saturated carbocycles. The van der Waals surface area contributed by atoms with Crippen molar-refractivity contribution in [1.82, 2.24) is 4.31 Å². The molecule has 0 aromatic heterocycles. The first-order valence-electron chi connectivity index (χ1n) is 9.72. The molecule has 29 heavy (non-hydrogen) atoms. The lowest BCUT2D eigenvalue weighted by molar-refractivity contribution is -0.918. The number of hydrogen-bond acceptors (Lipinski definition) is 4. The molecule has 1 atom stereocenters. The molecule has 0 radical (unpaired) electrons. The van der Waals surface area contributed by atoms with Crippen LogP contribution < -0.4 is 9.80 Å². The zero-order valence-electron chi connectivity index (χ0n) is 16.2. The van der Waals surface area contributed by atoms with E-state index in [0.29, 0.717) is 31.9 Å². The lowest BCUT2D eigenvalue weighted by atomic mass is 10.1. The van der Waals surface area contributed by atoms with Crippen molar-refractivity contribution in [3.05, 3.63) is 60.2 Å². The van der Waals surface area contributed by atoms with Crippen LogP contribution in [0.5, 0.6) is 0 Å². The fourth-order valence-corrected chi connectivity index (χ4v) is 5.58. The third kappa shape index (κ3) is 3.59. The number of quaternary nitrogens is 1. The monoisotopic (exact) mass is 414 g/mol. The van der Waals surface area contributed by atoms with Crippen molar-refractivity contribution in [2.75, 3.05) is 31.1 Å². The van der Waals surface area contributed by atoms with Crippen LogP contribution in [0.25, 0.3) is 0 Å². The summed E-state index contributed by atoms with van der Waals surface area (Å²) in [6.07, 6.45) is 0.161. The van der Waals surface area contributed by atoms with E-state index in [1.807, 2.05) is 25.1 Å². The summed E-state index contributed by atoms with van der Waals surface area (Å²) < 4.78 is 27.1. The number of para-hydroxylation sites is 1. The summed E-state index contributed by atoms with van der Waals surface area (Å²) in [7, 11) is -3.53. The first kappa shape index (κ1) is 19.8. The Morgan fingerprint density at radius 1 is 0.931 bits per heavy atom. The number of aryl methyl sites for hydroxylation is 1. The summed E-state index contributed by atoms with van der Waals surface area (Å²) in [4.78, 5) is 28.1. The summed E-state index contributed by atoms with van der Waals surface area (Å²) in [6, 6.07) is 15.3. The highest BCUT2D eigenvalue weighted by Gasteiger charge is 2.47. The predicted octanol–water partition coefficient (Wildman–Crippen LogP) is 0.216. The number of benzene rings is 2. The topological polar surface area (TPSA) is 79.2 Å². The van der Waals surface area contributed by atoms with E-state index >= 15 is 0 Å². The number of amides is 2. The molecule has 2 aromatic carbocycles. The van der Waals surface area contributed by atoms with Crippen LogP contribution in [-0.4, -0.2) is 56.8 Å². The standard InChI is InChI=1S/C21H23N3O4S/c1-16-7-5-6-10-18(16)24-20(25)15-19(21(24)26)22-11-13-23(14-12-22)29(27,28)17-8-3-2-4-9-17/h2-10,19H,11-15H2,1H3/p+1/t19-/m0/s1. The second kappa shape index (κ2) is 7.70. The maximum absolute atomic E-state index is 13.0. The van der Waals surface area contributed by atoms with Gasteiger partial charge in [-0.1, -0.05) is 36.4 Å². The molecule has 1 N–H and O–H groups in total. The molecule has 0 aliphatic carbocycles. The molecule has 7 nitrogen and oxygen atoms in total. The smallest absolute Gasteiger partial charge is 0.292 e. The molecule has 2 aliphatic rings. The largest absolute Gasteiger partial charge is 0.322 e. The Hall–Kier alpha value is -2.55. The highest BCUT2D eigenvalue weighted by Crippen LogP contribution is 2.25. The summed E-state index contributed by atoms with van der Waals surface area (Å²) in [5.74, 6) is -0.389. The Kier molecular flexibility index (Phi) is 5.24. The molecule has 8 heteroatoms. The van der Waals surface area contributed by atoms with E-state index in [0.717, 1.165) is 10.5 Å². The van der Waals surface area contributed by atoms with Gasteiger partial charge in [0.15, 0.2) is 6.04 Å². The van der Waals surface area contributed by atoms with Gasteiger partial charge in [0, 0.05) is 0 Å². The van der Waals surface area contributed by atoms with Crippen LogP contribution in [0.15, 0.2) is 59.5 Å². The van der Waals surface area contributed by atoms with Gasteiger partial charge in [0.25, 0.3) is 5.91 Å². The Morgan fingerprint density at radius 2 is 1.55 bits per heavy atom. The molecule has 0 bridgehead atoms. The van der Waals surface area contributed by atoms with Crippen LogP contribution in [0.1, 0.15) is 12.0 Å². The van der Waals surface area contributed by atoms with Crippen LogP contribution in [0.2, 0.25) is 0 Å². The SMILES string of the molecule is Cc1ccccc1N1C(=O)C[C@H]([NH+]2CCN(S(=O)(=O)c3ccccc3)CC2)C1=O. The molecule has 0 unspecified atom stereocenters. The summed E-state index contributed by atoms with van der Waals surface area (Å²) in [5.41, 5.74) is 1.51. The Bertz CT molecular complexity index is 1030. The molecule has 2 amide bonds. The first-order chi connectivity index (χ1) is 13.9. The van der Waals surface area contributed by atoms with Gasteiger partial charge in [-0.3, -0.25) is 9.59 Å². The number of hydrogen-bond donors (Lipinski definition) is 1. The van der Waals surface area contributed by atoms with Gasteiger partial charge < -0.3 is 4.90 Å². The van der Waals surface area contributed by atoms with Crippen LogP contribution >= 0.6 is 0 Å². The van der Waals surface area contributed by atoms with E-state index in [9.17, 15) is 18.0 Å². The molecule has 2 aromatic rings. The van der Waals surface area contributed by atoms with Crippen LogP contribution in [0, 0.1) is 6.92 Å². The predicted molar refractivity (Wildman–Crippen MR) is 108 cm³/mol. The third-order valence-electron chi connectivity index (χ3n) is 5.74. The molecular weight excluding hydrogens is 390 g/mol. The van der Waals surface area contributed by atoms with E-state index in [1.165, 1.54) is 9.21 Å². The van der Waals surface area contributed by atoms with Crippen molar-refractivity contribution in [2.24, 2.45) is 0 Å². The van der Waals surface area contributed by atoms with Crippen molar-refractivity contribution in [1.29, 1.82) is 0 Å². The van der Waals surface area contributed by atoms with E-state index in [1.54, 1.807) is 36.4 Å². The lowest BCUT2D eigenvalue weighted by Gasteiger charge is -2.33. The van der Waals surface area contributed by atoms with Crippen LogP contribution in [0.4, 0.5) is 5.69 Å². The maximum Gasteiger partial charge on any atom is 0.292 e. The van der Waals surface area contributed by atoms with Crippen molar-refractivity contribution < 1.29 is 22.9 Å². The minimum Gasteiger partial charge on any atom is -0.322 e. The molecule has 152 valence electrons. The fraction of sp³-hybridized carbons (Fsp3) is 0.333. The minimum absolute atomic E-state index is 0.161. The minimum atomic E-state index is -3.53. The van der Waals surface area contributed by atoms with Gasteiger partial charge in [0.1, 0.15) is 0 Å². The number of sulfonamides is 1. The average molecular weight is 415 g/mol.